The van der Waals surface area contributed by atoms with E-state index in [0.717, 1.165) is 42.8 Å². The van der Waals surface area contributed by atoms with E-state index in [9.17, 15) is 4.79 Å². The Labute approximate surface area is 138 Å². The molecule has 0 bridgehead atoms. The van der Waals surface area contributed by atoms with Crippen LogP contribution in [0.5, 0.6) is 0 Å². The van der Waals surface area contributed by atoms with Crippen molar-refractivity contribution >= 4 is 22.8 Å². The van der Waals surface area contributed by atoms with Gasteiger partial charge in [0, 0.05) is 26.2 Å². The number of carbonyl (C=O) groups is 1. The molecule has 1 aliphatic heterocycles. The van der Waals surface area contributed by atoms with Crippen LogP contribution in [0.1, 0.15) is 23.2 Å². The molecule has 0 saturated carbocycles. The average Bonchev–Trinajstić information content (AvgIpc) is 3.26. The molecule has 1 saturated heterocycles. The van der Waals surface area contributed by atoms with E-state index in [1.165, 1.54) is 12.5 Å². The second-order valence-electron chi connectivity index (χ2n) is 5.95. The first-order valence-electron chi connectivity index (χ1n) is 7.93. The normalized spacial score (nSPS) is 15.8. The van der Waals surface area contributed by atoms with Crippen LogP contribution in [0.2, 0.25) is 0 Å². The van der Waals surface area contributed by atoms with Gasteiger partial charge < -0.3 is 14.6 Å². The van der Waals surface area contributed by atoms with E-state index >= 15 is 0 Å². The molecule has 1 fully saturated rings. The fourth-order valence-electron chi connectivity index (χ4n) is 3.10. The molecule has 4 heterocycles. The first-order valence-corrected chi connectivity index (χ1v) is 7.93. The fraction of sp³-hybridized carbons (Fsp3) is 0.375. The maximum absolute atomic E-state index is 12.1. The first-order chi connectivity index (χ1) is 11.7. The number of nitrogens with one attached hydrogen (secondary N) is 1. The van der Waals surface area contributed by atoms with Crippen molar-refractivity contribution in [2.24, 2.45) is 7.05 Å². The number of hydrogen-bond donors (Lipinski definition) is 1. The van der Waals surface area contributed by atoms with Crippen molar-refractivity contribution < 1.29 is 9.21 Å². The summed E-state index contributed by atoms with van der Waals surface area (Å²) in [5.41, 5.74) is 1.39. The summed E-state index contributed by atoms with van der Waals surface area (Å²) in [6, 6.07) is 1.83. The molecule has 1 amide bonds. The van der Waals surface area contributed by atoms with Crippen molar-refractivity contribution in [1.29, 1.82) is 0 Å². The molecule has 0 spiro atoms. The van der Waals surface area contributed by atoms with Gasteiger partial charge in [-0.25, -0.2) is 9.97 Å². The molecule has 8 heteroatoms. The number of nitrogens with zero attached hydrogens (tertiary/aromatic N) is 5. The third kappa shape index (κ3) is 2.60. The second-order valence-corrected chi connectivity index (χ2v) is 5.95. The molecule has 124 valence electrons. The maximum atomic E-state index is 12.1. The molecule has 3 aromatic rings. The lowest BCUT2D eigenvalue weighted by Gasteiger charge is -2.33. The van der Waals surface area contributed by atoms with Crippen LogP contribution in [0.4, 0.5) is 5.82 Å². The topological polar surface area (TPSA) is 89.1 Å². The largest absolute Gasteiger partial charge is 0.472 e. The summed E-state index contributed by atoms with van der Waals surface area (Å²) in [6.07, 6.45) is 8.09. The summed E-state index contributed by atoms with van der Waals surface area (Å²) >= 11 is 0. The molecule has 0 aromatic carbocycles. The van der Waals surface area contributed by atoms with Crippen molar-refractivity contribution in [3.8, 4) is 0 Å². The van der Waals surface area contributed by atoms with Crippen molar-refractivity contribution in [2.75, 3.05) is 18.0 Å². The van der Waals surface area contributed by atoms with Crippen LogP contribution in [-0.2, 0) is 7.05 Å². The molecular formula is C16H18N6O2. The molecule has 1 N–H and O–H groups in total. The third-order valence-electron chi connectivity index (χ3n) is 4.42. The van der Waals surface area contributed by atoms with Gasteiger partial charge in [0.2, 0.25) is 0 Å². The number of hydrogen-bond acceptors (Lipinski definition) is 6. The van der Waals surface area contributed by atoms with Gasteiger partial charge in [-0.05, 0) is 18.9 Å². The van der Waals surface area contributed by atoms with Gasteiger partial charge >= 0.3 is 0 Å². The Balaban J connectivity index is 1.43. The highest BCUT2D eigenvalue weighted by Gasteiger charge is 2.24. The Morgan fingerprint density at radius 3 is 2.92 bits per heavy atom. The number of anilines is 1. The predicted molar refractivity (Wildman–Crippen MR) is 87.7 cm³/mol. The standard InChI is InChI=1S/C16H18N6O2/c1-21-14-13(8-19-21)15(18-10-17-14)22-5-2-12(3-6-22)20-16(23)11-4-7-24-9-11/h4,7-10,12H,2-3,5-6H2,1H3,(H,20,23). The van der Waals surface area contributed by atoms with Gasteiger partial charge in [0.15, 0.2) is 5.65 Å². The molecule has 3 aromatic heterocycles. The number of carbonyl (C=O) groups excluding carboxylic acids is 1. The molecule has 1 aliphatic rings. The highest BCUT2D eigenvalue weighted by atomic mass is 16.3. The van der Waals surface area contributed by atoms with Crippen LogP contribution < -0.4 is 10.2 Å². The van der Waals surface area contributed by atoms with Crippen LogP contribution in [0.15, 0.2) is 35.5 Å². The van der Waals surface area contributed by atoms with Gasteiger partial charge in [-0.2, -0.15) is 5.10 Å². The van der Waals surface area contributed by atoms with Crippen molar-refractivity contribution in [3.63, 3.8) is 0 Å². The summed E-state index contributed by atoms with van der Waals surface area (Å²) in [7, 11) is 1.87. The Morgan fingerprint density at radius 1 is 1.33 bits per heavy atom. The molecule has 0 unspecified atom stereocenters. The Hall–Kier alpha value is -2.90. The van der Waals surface area contributed by atoms with Gasteiger partial charge in [0.05, 0.1) is 23.4 Å². The van der Waals surface area contributed by atoms with Gasteiger partial charge in [0.25, 0.3) is 5.91 Å². The summed E-state index contributed by atoms with van der Waals surface area (Å²) < 4.78 is 6.70. The van der Waals surface area contributed by atoms with Gasteiger partial charge in [0.1, 0.15) is 18.4 Å². The van der Waals surface area contributed by atoms with Crippen LogP contribution in [0.3, 0.4) is 0 Å². The van der Waals surface area contributed by atoms with Crippen LogP contribution in [0.25, 0.3) is 11.0 Å². The lowest BCUT2D eigenvalue weighted by atomic mass is 10.0. The minimum Gasteiger partial charge on any atom is -0.472 e. The molecule has 24 heavy (non-hydrogen) atoms. The minimum absolute atomic E-state index is 0.0844. The quantitative estimate of drug-likeness (QED) is 0.781. The fourth-order valence-corrected chi connectivity index (χ4v) is 3.10. The molecule has 4 rings (SSSR count). The minimum atomic E-state index is -0.0844. The van der Waals surface area contributed by atoms with Crippen molar-refractivity contribution in [2.45, 2.75) is 18.9 Å². The van der Waals surface area contributed by atoms with Crippen molar-refractivity contribution in [1.82, 2.24) is 25.1 Å². The number of fused-ring (bicyclic) bond motifs is 1. The number of furan rings is 1. The molecule has 0 atom stereocenters. The number of aryl methyl sites for hydroxylation is 1. The van der Waals surface area contributed by atoms with Crippen molar-refractivity contribution in [3.05, 3.63) is 36.7 Å². The number of piperidine rings is 1. The van der Waals surface area contributed by atoms with E-state index in [1.807, 2.05) is 7.05 Å². The Kier molecular flexibility index (Phi) is 3.64. The third-order valence-corrected chi connectivity index (χ3v) is 4.42. The summed E-state index contributed by atoms with van der Waals surface area (Å²) in [6.45, 7) is 1.66. The Bertz CT molecular complexity index is 849. The summed E-state index contributed by atoms with van der Waals surface area (Å²) in [5.74, 6) is 0.826. The zero-order chi connectivity index (χ0) is 16.5. The zero-order valence-electron chi connectivity index (χ0n) is 13.3. The number of aromatic nitrogens is 4. The average molecular weight is 326 g/mol. The second kappa shape index (κ2) is 5.95. The highest BCUT2D eigenvalue weighted by molar-refractivity contribution is 5.94. The van der Waals surface area contributed by atoms with Crippen LogP contribution in [-0.4, -0.2) is 44.8 Å². The smallest absolute Gasteiger partial charge is 0.254 e. The van der Waals surface area contributed by atoms with E-state index in [4.69, 9.17) is 4.42 Å². The molecule has 8 nitrogen and oxygen atoms in total. The van der Waals surface area contributed by atoms with E-state index in [1.54, 1.807) is 23.3 Å². The van der Waals surface area contributed by atoms with E-state index in [-0.39, 0.29) is 11.9 Å². The first kappa shape index (κ1) is 14.7. The Morgan fingerprint density at radius 2 is 2.17 bits per heavy atom. The summed E-state index contributed by atoms with van der Waals surface area (Å²) in [5, 5.41) is 8.27. The number of rotatable bonds is 3. The predicted octanol–water partition coefficient (Wildman–Crippen LogP) is 1.36. The van der Waals surface area contributed by atoms with E-state index < -0.39 is 0 Å². The summed E-state index contributed by atoms with van der Waals surface area (Å²) in [4.78, 5) is 23.0. The molecule has 0 aliphatic carbocycles. The van der Waals surface area contributed by atoms with Crippen LogP contribution in [0, 0.1) is 0 Å². The zero-order valence-corrected chi connectivity index (χ0v) is 13.3. The molecule has 0 radical (unpaired) electrons. The molecular weight excluding hydrogens is 308 g/mol. The van der Waals surface area contributed by atoms with Crippen LogP contribution >= 0.6 is 0 Å². The monoisotopic (exact) mass is 326 g/mol. The van der Waals surface area contributed by atoms with E-state index in [2.05, 4.69) is 25.3 Å². The van der Waals surface area contributed by atoms with Gasteiger partial charge in [-0.1, -0.05) is 0 Å². The van der Waals surface area contributed by atoms with Gasteiger partial charge in [-0.15, -0.1) is 0 Å². The lowest BCUT2D eigenvalue weighted by molar-refractivity contribution is 0.0930. The maximum Gasteiger partial charge on any atom is 0.254 e. The number of amides is 1. The SMILES string of the molecule is Cn1ncc2c(N3CCC(NC(=O)c4ccoc4)CC3)ncnc21. The lowest BCUT2D eigenvalue weighted by Crippen LogP contribution is -2.45. The van der Waals surface area contributed by atoms with Gasteiger partial charge in [-0.3, -0.25) is 9.48 Å². The van der Waals surface area contributed by atoms with E-state index in [0.29, 0.717) is 5.56 Å². The highest BCUT2D eigenvalue weighted by Crippen LogP contribution is 2.25.